The number of hydrogen-bond acceptors (Lipinski definition) is 3. The minimum Gasteiger partial charge on any atom is -0.457 e. The molecule has 0 fully saturated rings. The number of hydrogen-bond donors (Lipinski definition) is 0. The maximum atomic E-state index is 13.4. The van der Waals surface area contributed by atoms with E-state index in [2.05, 4.69) is 0 Å². The molecule has 1 aliphatic heterocycles. The molecule has 0 atom stereocenters. The number of fused-ring (bicyclic) bond motifs is 2. The highest BCUT2D eigenvalue weighted by molar-refractivity contribution is 7.89. The summed E-state index contributed by atoms with van der Waals surface area (Å²) in [5.41, 5.74) is 3.70. The topological polar surface area (TPSA) is 46.6 Å². The minimum absolute atomic E-state index is 0.301. The van der Waals surface area contributed by atoms with Gasteiger partial charge in [0.2, 0.25) is 10.0 Å². The number of aryl methyl sites for hydroxylation is 2. The van der Waals surface area contributed by atoms with Gasteiger partial charge in [0.05, 0.1) is 10.9 Å². The highest BCUT2D eigenvalue weighted by atomic mass is 32.2. The molecule has 0 saturated heterocycles. The van der Waals surface area contributed by atoms with Crippen LogP contribution in [-0.2, 0) is 10.0 Å². The maximum Gasteiger partial charge on any atom is 0.243 e. The van der Waals surface area contributed by atoms with Gasteiger partial charge in [-0.1, -0.05) is 42.5 Å². The van der Waals surface area contributed by atoms with Crippen molar-refractivity contribution in [2.45, 2.75) is 24.8 Å². The Labute approximate surface area is 160 Å². The fourth-order valence-corrected chi connectivity index (χ4v) is 4.86. The zero-order valence-corrected chi connectivity index (χ0v) is 16.3. The van der Waals surface area contributed by atoms with Crippen molar-refractivity contribution < 1.29 is 13.2 Å². The molecule has 0 aliphatic carbocycles. The van der Waals surface area contributed by atoms with Crippen molar-refractivity contribution >= 4 is 10.0 Å². The molecule has 27 heavy (non-hydrogen) atoms. The van der Waals surface area contributed by atoms with Crippen molar-refractivity contribution in [3.8, 4) is 11.5 Å². The zero-order chi connectivity index (χ0) is 19.2. The van der Waals surface area contributed by atoms with Gasteiger partial charge in [-0.25, -0.2) is 8.42 Å². The second-order valence-corrected chi connectivity index (χ2v) is 8.85. The molecular weight excluding hydrogens is 358 g/mol. The van der Waals surface area contributed by atoms with Crippen LogP contribution >= 0.6 is 0 Å². The second-order valence-electron chi connectivity index (χ2n) is 6.85. The molecule has 1 aliphatic rings. The molecule has 4 rings (SSSR count). The molecule has 0 amide bonds. The fraction of sp³-hybridized carbons (Fsp3) is 0.182. The molecule has 138 valence electrons. The second kappa shape index (κ2) is 6.51. The summed E-state index contributed by atoms with van der Waals surface area (Å²) in [7, 11) is -2.05. The lowest BCUT2D eigenvalue weighted by molar-refractivity contribution is 0.367. The van der Waals surface area contributed by atoms with Crippen LogP contribution in [0.1, 0.15) is 28.3 Å². The first-order valence-electron chi connectivity index (χ1n) is 8.80. The molecular formula is C22H21NO3S. The lowest BCUT2D eigenvalue weighted by atomic mass is 9.95. The van der Waals surface area contributed by atoms with Gasteiger partial charge in [0.1, 0.15) is 11.5 Å². The summed E-state index contributed by atoms with van der Waals surface area (Å²) in [6.45, 7) is 3.90. The third-order valence-corrected chi connectivity index (χ3v) is 6.98. The van der Waals surface area contributed by atoms with Crippen molar-refractivity contribution in [3.05, 3.63) is 89.0 Å². The Balaban J connectivity index is 1.86. The minimum atomic E-state index is -3.69. The van der Waals surface area contributed by atoms with Gasteiger partial charge in [0, 0.05) is 18.2 Å². The van der Waals surface area contributed by atoms with Gasteiger partial charge in [-0.3, -0.25) is 0 Å². The summed E-state index contributed by atoms with van der Waals surface area (Å²) in [5, 5.41) is 0. The largest absolute Gasteiger partial charge is 0.457 e. The molecule has 0 spiro atoms. The van der Waals surface area contributed by atoms with E-state index >= 15 is 0 Å². The van der Waals surface area contributed by atoms with Gasteiger partial charge in [0.15, 0.2) is 0 Å². The summed E-state index contributed by atoms with van der Waals surface area (Å²) in [4.78, 5) is 0.301. The Kier molecular flexibility index (Phi) is 4.29. The number of nitrogens with zero attached hydrogens (tertiary/aromatic N) is 1. The molecule has 0 N–H and O–H groups in total. The standard InChI is InChI=1S/C22H21NO3S/c1-15-12-13-17(14-16(15)2)27(24,25)23(3)22-18-8-4-6-10-20(18)26-21-11-7-5-9-19(21)22/h4-14,22H,1-3H3. The predicted octanol–water partition coefficient (Wildman–Crippen LogP) is 4.82. The normalized spacial score (nSPS) is 13.8. The quantitative estimate of drug-likeness (QED) is 0.655. The van der Waals surface area contributed by atoms with Crippen LogP contribution in [0.3, 0.4) is 0 Å². The van der Waals surface area contributed by atoms with Crippen LogP contribution in [0.5, 0.6) is 11.5 Å². The molecule has 5 heteroatoms. The van der Waals surface area contributed by atoms with Crippen LogP contribution < -0.4 is 4.74 Å². The van der Waals surface area contributed by atoms with Gasteiger partial charge >= 0.3 is 0 Å². The first kappa shape index (κ1) is 17.8. The first-order chi connectivity index (χ1) is 12.9. The lowest BCUT2D eigenvalue weighted by Gasteiger charge is -2.34. The van der Waals surface area contributed by atoms with Gasteiger partial charge in [-0.2, -0.15) is 4.31 Å². The number of benzene rings is 3. The smallest absolute Gasteiger partial charge is 0.243 e. The molecule has 3 aromatic carbocycles. The summed E-state index contributed by atoms with van der Waals surface area (Å²) in [5.74, 6) is 1.37. The third kappa shape index (κ3) is 2.93. The van der Waals surface area contributed by atoms with Crippen LogP contribution in [0.15, 0.2) is 71.6 Å². The average molecular weight is 379 g/mol. The van der Waals surface area contributed by atoms with E-state index in [4.69, 9.17) is 4.74 Å². The summed E-state index contributed by atoms with van der Waals surface area (Å²) >= 11 is 0. The molecule has 4 nitrogen and oxygen atoms in total. The first-order valence-corrected chi connectivity index (χ1v) is 10.2. The summed E-state index contributed by atoms with van der Waals surface area (Å²) in [6, 6.07) is 20.0. The monoisotopic (exact) mass is 379 g/mol. The molecule has 0 saturated carbocycles. The maximum absolute atomic E-state index is 13.4. The van der Waals surface area contributed by atoms with Crippen LogP contribution in [0.4, 0.5) is 0 Å². The molecule has 1 heterocycles. The zero-order valence-electron chi connectivity index (χ0n) is 15.5. The Morgan fingerprint density at radius 2 is 1.37 bits per heavy atom. The third-order valence-electron chi connectivity index (χ3n) is 5.17. The molecule has 0 aromatic heterocycles. The van der Waals surface area contributed by atoms with Crippen LogP contribution in [0, 0.1) is 13.8 Å². The van der Waals surface area contributed by atoms with E-state index in [9.17, 15) is 8.42 Å². The lowest BCUT2D eigenvalue weighted by Crippen LogP contribution is -2.33. The Hall–Kier alpha value is -2.63. The molecule has 0 bridgehead atoms. The van der Waals surface area contributed by atoms with Gasteiger partial charge in [-0.15, -0.1) is 0 Å². The molecule has 3 aromatic rings. The molecule has 0 radical (unpaired) electrons. The number of rotatable bonds is 3. The van der Waals surface area contributed by atoms with Gasteiger partial charge in [0.25, 0.3) is 0 Å². The van der Waals surface area contributed by atoms with E-state index in [-0.39, 0.29) is 0 Å². The fourth-order valence-electron chi connectivity index (χ4n) is 3.46. The van der Waals surface area contributed by atoms with E-state index < -0.39 is 16.1 Å². The van der Waals surface area contributed by atoms with E-state index in [1.807, 2.05) is 68.4 Å². The number of para-hydroxylation sites is 2. The van der Waals surface area contributed by atoms with Crippen LogP contribution in [-0.4, -0.2) is 19.8 Å². The van der Waals surface area contributed by atoms with Crippen molar-refractivity contribution in [3.63, 3.8) is 0 Å². The van der Waals surface area contributed by atoms with Crippen molar-refractivity contribution in [2.75, 3.05) is 7.05 Å². The number of sulfonamides is 1. The van der Waals surface area contributed by atoms with Crippen molar-refractivity contribution in [1.29, 1.82) is 0 Å². The summed E-state index contributed by atoms with van der Waals surface area (Å²) < 4.78 is 34.2. The van der Waals surface area contributed by atoms with Crippen LogP contribution in [0.2, 0.25) is 0 Å². The Morgan fingerprint density at radius 3 is 1.93 bits per heavy atom. The molecule has 0 unspecified atom stereocenters. The highest BCUT2D eigenvalue weighted by Gasteiger charge is 2.36. The van der Waals surface area contributed by atoms with Crippen molar-refractivity contribution in [1.82, 2.24) is 4.31 Å². The predicted molar refractivity (Wildman–Crippen MR) is 106 cm³/mol. The van der Waals surface area contributed by atoms with Gasteiger partial charge in [-0.05, 0) is 49.2 Å². The van der Waals surface area contributed by atoms with Crippen LogP contribution in [0.25, 0.3) is 0 Å². The van der Waals surface area contributed by atoms with E-state index in [0.717, 1.165) is 22.3 Å². The average Bonchev–Trinajstić information content (AvgIpc) is 2.67. The van der Waals surface area contributed by atoms with Crippen molar-refractivity contribution in [2.24, 2.45) is 0 Å². The summed E-state index contributed by atoms with van der Waals surface area (Å²) in [6.07, 6.45) is 0. The Morgan fingerprint density at radius 1 is 0.815 bits per heavy atom. The van der Waals surface area contributed by atoms with E-state index in [0.29, 0.717) is 16.4 Å². The SMILES string of the molecule is Cc1ccc(S(=O)(=O)N(C)C2c3ccccc3Oc3ccccc32)cc1C. The number of ether oxygens (including phenoxy) is 1. The van der Waals surface area contributed by atoms with E-state index in [1.54, 1.807) is 19.2 Å². The van der Waals surface area contributed by atoms with Gasteiger partial charge < -0.3 is 4.74 Å². The van der Waals surface area contributed by atoms with E-state index in [1.165, 1.54) is 4.31 Å². The highest BCUT2D eigenvalue weighted by Crippen LogP contribution is 2.46. The Bertz CT molecular complexity index is 1080.